The Balaban J connectivity index is 2.15. The lowest BCUT2D eigenvalue weighted by Crippen LogP contribution is -2.21. The summed E-state index contributed by atoms with van der Waals surface area (Å²) >= 11 is 0. The van der Waals surface area contributed by atoms with Gasteiger partial charge in [-0.25, -0.2) is 0 Å². The summed E-state index contributed by atoms with van der Waals surface area (Å²) in [6, 6.07) is 10.4. The first-order valence-electron chi connectivity index (χ1n) is 6.61. The van der Waals surface area contributed by atoms with E-state index in [0.29, 0.717) is 5.75 Å². The third-order valence-electron chi connectivity index (χ3n) is 3.12. The average Bonchev–Trinajstić information content (AvgIpc) is 2.53. The summed E-state index contributed by atoms with van der Waals surface area (Å²) in [4.78, 5) is 12.0. The van der Waals surface area contributed by atoms with Crippen molar-refractivity contribution in [2.45, 2.75) is 12.3 Å². The molecule has 0 spiro atoms. The Bertz CT molecular complexity index is 701. The first-order chi connectivity index (χ1) is 10.8. The summed E-state index contributed by atoms with van der Waals surface area (Å²) in [7, 11) is 1.44. The quantitative estimate of drug-likeness (QED) is 0.906. The zero-order chi connectivity index (χ0) is 17.0. The minimum atomic E-state index is -4.51. The molecule has 4 nitrogen and oxygen atoms in total. The van der Waals surface area contributed by atoms with Gasteiger partial charge < -0.3 is 15.2 Å². The summed E-state index contributed by atoms with van der Waals surface area (Å²) in [6.45, 7) is 0. The highest BCUT2D eigenvalue weighted by Crippen LogP contribution is 2.31. The lowest BCUT2D eigenvalue weighted by molar-refractivity contribution is -0.137. The predicted octanol–water partition coefficient (Wildman–Crippen LogP) is 3.39. The normalized spacial score (nSPS) is 12.6. The van der Waals surface area contributed by atoms with Gasteiger partial charge in [-0.2, -0.15) is 13.2 Å². The van der Waals surface area contributed by atoms with Crippen molar-refractivity contribution in [1.29, 1.82) is 0 Å². The smallest absolute Gasteiger partial charge is 0.416 e. The largest absolute Gasteiger partial charge is 0.497 e. The molecule has 0 radical (unpaired) electrons. The van der Waals surface area contributed by atoms with E-state index in [1.165, 1.54) is 31.4 Å². The fourth-order valence-corrected chi connectivity index (χ4v) is 1.95. The molecule has 2 aromatic rings. The summed E-state index contributed by atoms with van der Waals surface area (Å²) in [5.41, 5.74) is -0.660. The highest BCUT2D eigenvalue weighted by atomic mass is 19.4. The second kappa shape index (κ2) is 6.70. The second-order valence-electron chi connectivity index (χ2n) is 4.75. The molecule has 23 heavy (non-hydrogen) atoms. The van der Waals surface area contributed by atoms with Crippen molar-refractivity contribution in [3.63, 3.8) is 0 Å². The van der Waals surface area contributed by atoms with Gasteiger partial charge in [0.05, 0.1) is 12.7 Å². The highest BCUT2D eigenvalue weighted by molar-refractivity contribution is 5.94. The third kappa shape index (κ3) is 4.23. The van der Waals surface area contributed by atoms with Gasteiger partial charge in [-0.15, -0.1) is 0 Å². The van der Waals surface area contributed by atoms with Crippen LogP contribution in [0.15, 0.2) is 48.5 Å². The topological polar surface area (TPSA) is 58.6 Å². The zero-order valence-corrected chi connectivity index (χ0v) is 12.1. The number of rotatable bonds is 4. The number of hydrogen-bond acceptors (Lipinski definition) is 3. The Morgan fingerprint density at radius 2 is 1.87 bits per heavy atom. The molecule has 0 saturated carbocycles. The van der Waals surface area contributed by atoms with Crippen LogP contribution in [0.3, 0.4) is 0 Å². The van der Waals surface area contributed by atoms with Gasteiger partial charge in [0, 0.05) is 5.69 Å². The first-order valence-corrected chi connectivity index (χ1v) is 6.61. The number of amides is 1. The summed E-state index contributed by atoms with van der Waals surface area (Å²) in [5, 5.41) is 12.3. The van der Waals surface area contributed by atoms with Crippen molar-refractivity contribution in [3.05, 3.63) is 59.7 Å². The second-order valence-corrected chi connectivity index (χ2v) is 4.75. The van der Waals surface area contributed by atoms with Crippen LogP contribution in [-0.2, 0) is 11.0 Å². The van der Waals surface area contributed by atoms with E-state index in [0.717, 1.165) is 12.1 Å². The van der Waals surface area contributed by atoms with Crippen LogP contribution in [-0.4, -0.2) is 18.1 Å². The Hall–Kier alpha value is -2.54. The van der Waals surface area contributed by atoms with Crippen molar-refractivity contribution in [3.8, 4) is 5.75 Å². The number of ether oxygens (including phenoxy) is 1. The number of hydrogen-bond donors (Lipinski definition) is 2. The van der Waals surface area contributed by atoms with E-state index in [1.54, 1.807) is 12.1 Å². The van der Waals surface area contributed by atoms with E-state index in [4.69, 9.17) is 4.74 Å². The zero-order valence-electron chi connectivity index (χ0n) is 12.1. The van der Waals surface area contributed by atoms with Gasteiger partial charge in [0.2, 0.25) is 0 Å². The van der Waals surface area contributed by atoms with Gasteiger partial charge in [0.15, 0.2) is 6.10 Å². The average molecular weight is 325 g/mol. The number of alkyl halides is 3. The minimum Gasteiger partial charge on any atom is -0.497 e. The number of aliphatic hydroxyl groups is 1. The molecule has 1 atom stereocenters. The molecule has 0 aliphatic heterocycles. The van der Waals surface area contributed by atoms with E-state index in [-0.39, 0.29) is 11.3 Å². The van der Waals surface area contributed by atoms with Gasteiger partial charge in [0.25, 0.3) is 5.91 Å². The molecular formula is C16H14F3NO3. The lowest BCUT2D eigenvalue weighted by atomic mass is 10.1. The van der Waals surface area contributed by atoms with Crippen molar-refractivity contribution >= 4 is 11.6 Å². The van der Waals surface area contributed by atoms with Gasteiger partial charge in [-0.3, -0.25) is 4.79 Å². The molecule has 0 aliphatic rings. The van der Waals surface area contributed by atoms with Crippen LogP contribution in [0.4, 0.5) is 18.9 Å². The molecule has 0 aliphatic carbocycles. The van der Waals surface area contributed by atoms with Crippen LogP contribution < -0.4 is 10.1 Å². The molecule has 0 saturated heterocycles. The van der Waals surface area contributed by atoms with Crippen LogP contribution in [0.1, 0.15) is 17.2 Å². The number of carbonyl (C=O) groups excluding carboxylic acids is 1. The van der Waals surface area contributed by atoms with E-state index >= 15 is 0 Å². The molecule has 7 heteroatoms. The maximum absolute atomic E-state index is 12.6. The van der Waals surface area contributed by atoms with Crippen LogP contribution in [0.5, 0.6) is 5.75 Å². The molecule has 0 fully saturated rings. The standard InChI is InChI=1S/C16H14F3NO3/c1-23-13-7-2-4-10(8-13)14(21)15(22)20-12-6-3-5-11(9-12)16(17,18)19/h2-9,14,21H,1H3,(H,20,22). The lowest BCUT2D eigenvalue weighted by Gasteiger charge is -2.14. The highest BCUT2D eigenvalue weighted by Gasteiger charge is 2.30. The first kappa shape index (κ1) is 16.8. The third-order valence-corrected chi connectivity index (χ3v) is 3.12. The summed E-state index contributed by atoms with van der Waals surface area (Å²) in [5.74, 6) is -0.383. The molecule has 2 rings (SSSR count). The predicted molar refractivity (Wildman–Crippen MR) is 78.0 cm³/mol. The minimum absolute atomic E-state index is 0.0493. The van der Waals surface area contributed by atoms with Crippen molar-refractivity contribution in [1.82, 2.24) is 0 Å². The molecular weight excluding hydrogens is 311 g/mol. The number of methoxy groups -OCH3 is 1. The summed E-state index contributed by atoms with van der Waals surface area (Å²) < 4.78 is 42.9. The molecule has 1 amide bonds. The van der Waals surface area contributed by atoms with E-state index in [9.17, 15) is 23.1 Å². The molecule has 0 aromatic heterocycles. The Kier molecular flexibility index (Phi) is 4.90. The maximum Gasteiger partial charge on any atom is 0.416 e. The number of anilines is 1. The molecule has 0 bridgehead atoms. The fraction of sp³-hybridized carbons (Fsp3) is 0.188. The number of halogens is 3. The number of aliphatic hydroxyl groups excluding tert-OH is 1. The SMILES string of the molecule is COc1cccc(C(O)C(=O)Nc2cccc(C(F)(F)F)c2)c1. The van der Waals surface area contributed by atoms with Gasteiger partial charge in [-0.1, -0.05) is 18.2 Å². The van der Waals surface area contributed by atoms with Gasteiger partial charge >= 0.3 is 6.18 Å². The van der Waals surface area contributed by atoms with Crippen LogP contribution in [0.2, 0.25) is 0 Å². The van der Waals surface area contributed by atoms with Crippen molar-refractivity contribution in [2.75, 3.05) is 12.4 Å². The van der Waals surface area contributed by atoms with E-state index in [2.05, 4.69) is 5.32 Å². The molecule has 1 unspecified atom stereocenters. The number of benzene rings is 2. The van der Waals surface area contributed by atoms with E-state index in [1.807, 2.05) is 0 Å². The molecule has 2 aromatic carbocycles. The number of nitrogens with one attached hydrogen (secondary N) is 1. The Labute approximate surface area is 130 Å². The Morgan fingerprint density at radius 3 is 2.52 bits per heavy atom. The number of carbonyl (C=O) groups is 1. The van der Waals surface area contributed by atoms with E-state index < -0.39 is 23.8 Å². The molecule has 0 heterocycles. The van der Waals surface area contributed by atoms with Crippen molar-refractivity contribution in [2.24, 2.45) is 0 Å². The fourth-order valence-electron chi connectivity index (χ4n) is 1.95. The monoisotopic (exact) mass is 325 g/mol. The van der Waals surface area contributed by atoms with Gasteiger partial charge in [0.1, 0.15) is 5.75 Å². The Morgan fingerprint density at radius 1 is 1.17 bits per heavy atom. The van der Waals surface area contributed by atoms with Crippen LogP contribution in [0.25, 0.3) is 0 Å². The molecule has 122 valence electrons. The van der Waals surface area contributed by atoms with Crippen LogP contribution >= 0.6 is 0 Å². The van der Waals surface area contributed by atoms with Gasteiger partial charge in [-0.05, 0) is 35.9 Å². The summed E-state index contributed by atoms with van der Waals surface area (Å²) in [6.07, 6.45) is -6.04. The van der Waals surface area contributed by atoms with Crippen molar-refractivity contribution < 1.29 is 27.8 Å². The molecule has 2 N–H and O–H groups in total. The van der Waals surface area contributed by atoms with Crippen LogP contribution in [0, 0.1) is 0 Å². The maximum atomic E-state index is 12.6.